The summed E-state index contributed by atoms with van der Waals surface area (Å²) in [6.07, 6.45) is 0. The van der Waals surface area contributed by atoms with Crippen LogP contribution in [0.15, 0.2) is 0 Å². The van der Waals surface area contributed by atoms with Gasteiger partial charge in [-0.2, -0.15) is 0 Å². The van der Waals surface area contributed by atoms with E-state index in [1.165, 1.54) is 6.92 Å². The lowest BCUT2D eigenvalue weighted by molar-refractivity contribution is -0.117. The third-order valence-corrected chi connectivity index (χ3v) is 2.33. The minimum atomic E-state index is -0.267. The van der Waals surface area contributed by atoms with Crippen LogP contribution in [0.2, 0.25) is 0 Å². The molecule has 0 aliphatic carbocycles. The number of hydrogen-bond acceptors (Lipinski definition) is 3. The molecule has 0 amide bonds. The second kappa shape index (κ2) is 9.71. The zero-order valence-electron chi connectivity index (χ0n) is 6.56. The Bertz CT molecular complexity index is 89.8. The van der Waals surface area contributed by atoms with Crippen LogP contribution >= 0.6 is 30.1 Å². The van der Waals surface area contributed by atoms with Crippen molar-refractivity contribution in [2.75, 3.05) is 5.75 Å². The van der Waals surface area contributed by atoms with Crippen molar-refractivity contribution in [2.24, 2.45) is 5.73 Å². The normalized spacial score (nSPS) is 11.3. The van der Waals surface area contributed by atoms with E-state index < -0.39 is 0 Å². The number of carbonyl (C=O) groups is 1. The topological polar surface area (TPSA) is 43.1 Å². The molecule has 4 heteroatoms. The zero-order valence-corrected chi connectivity index (χ0v) is 9.53. The third kappa shape index (κ3) is 8.71. The molecule has 0 bridgehead atoms. The first-order valence-corrected chi connectivity index (χ1v) is 6.71. The van der Waals surface area contributed by atoms with Crippen LogP contribution in [0.5, 0.6) is 0 Å². The molecule has 1 atom stereocenters. The molecule has 0 aromatic carbocycles. The smallest absolute Gasteiger partial charge is 0.147 e. The highest BCUT2D eigenvalue weighted by Crippen LogP contribution is 2.11. The molecule has 0 heterocycles. The minimum absolute atomic E-state index is 0.0640. The van der Waals surface area contributed by atoms with Crippen molar-refractivity contribution in [3.8, 4) is 0 Å². The quantitative estimate of drug-likeness (QED) is 0.801. The van der Waals surface area contributed by atoms with Crippen LogP contribution in [0, 0.1) is 0 Å². The van der Waals surface area contributed by atoms with E-state index in [4.69, 9.17) is 5.73 Å². The standard InChI is InChI=1S/C4H8INOS.C2H6/c1-3(7)4(6)2-8-5;1-2/h4H,2,6H2,1H3;1-2H3. The Labute approximate surface area is 78.9 Å². The first-order chi connectivity index (χ1) is 4.68. The summed E-state index contributed by atoms with van der Waals surface area (Å²) in [5, 5.41) is 0. The van der Waals surface area contributed by atoms with E-state index in [0.29, 0.717) is 0 Å². The predicted molar refractivity (Wildman–Crippen MR) is 56.5 cm³/mol. The van der Waals surface area contributed by atoms with E-state index >= 15 is 0 Å². The van der Waals surface area contributed by atoms with Crippen LogP contribution in [0.25, 0.3) is 0 Å². The fourth-order valence-corrected chi connectivity index (χ4v) is 1.72. The van der Waals surface area contributed by atoms with Crippen molar-refractivity contribution in [3.05, 3.63) is 0 Å². The Morgan fingerprint density at radius 3 is 2.20 bits per heavy atom. The highest BCUT2D eigenvalue weighted by atomic mass is 127. The average molecular weight is 275 g/mol. The van der Waals surface area contributed by atoms with Gasteiger partial charge in [0, 0.05) is 5.75 Å². The molecule has 0 aliphatic rings. The number of nitrogens with two attached hydrogens (primary N) is 1. The summed E-state index contributed by atoms with van der Waals surface area (Å²) in [6, 6.07) is -0.267. The molecule has 0 radical (unpaired) electrons. The van der Waals surface area contributed by atoms with Gasteiger partial charge in [-0.05, 0) is 28.1 Å². The molecule has 0 saturated carbocycles. The van der Waals surface area contributed by atoms with Crippen LogP contribution in [-0.4, -0.2) is 17.6 Å². The Balaban J connectivity index is 0. The molecule has 10 heavy (non-hydrogen) atoms. The van der Waals surface area contributed by atoms with Crippen molar-refractivity contribution >= 4 is 35.9 Å². The van der Waals surface area contributed by atoms with Gasteiger partial charge in [0.25, 0.3) is 0 Å². The number of carbonyl (C=O) groups excluding carboxylic acids is 1. The lowest BCUT2D eigenvalue weighted by Gasteiger charge is -2.01. The molecule has 2 N–H and O–H groups in total. The molecule has 0 aromatic rings. The fourth-order valence-electron chi connectivity index (χ4n) is 0.185. The van der Waals surface area contributed by atoms with Crippen molar-refractivity contribution in [1.82, 2.24) is 0 Å². The van der Waals surface area contributed by atoms with Gasteiger partial charge in [0.1, 0.15) is 5.78 Å². The lowest BCUT2D eigenvalue weighted by atomic mass is 10.3. The third-order valence-electron chi connectivity index (χ3n) is 0.765. The molecule has 0 aliphatic heterocycles. The molecular weight excluding hydrogens is 261 g/mol. The maximum absolute atomic E-state index is 10.4. The maximum Gasteiger partial charge on any atom is 0.147 e. The van der Waals surface area contributed by atoms with Crippen LogP contribution in [0.1, 0.15) is 20.8 Å². The lowest BCUT2D eigenvalue weighted by Crippen LogP contribution is -2.30. The van der Waals surface area contributed by atoms with E-state index in [0.717, 1.165) is 5.75 Å². The van der Waals surface area contributed by atoms with Gasteiger partial charge in [-0.15, -0.1) is 0 Å². The molecular formula is C6H14INOS. The van der Waals surface area contributed by atoms with E-state index in [2.05, 4.69) is 21.2 Å². The van der Waals surface area contributed by atoms with E-state index in [-0.39, 0.29) is 11.8 Å². The van der Waals surface area contributed by atoms with Gasteiger partial charge >= 0.3 is 0 Å². The highest BCUT2D eigenvalue weighted by molar-refractivity contribution is 14.2. The van der Waals surface area contributed by atoms with Crippen molar-refractivity contribution in [2.45, 2.75) is 26.8 Å². The Morgan fingerprint density at radius 2 is 2.10 bits per heavy atom. The molecule has 2 nitrogen and oxygen atoms in total. The number of rotatable bonds is 3. The van der Waals surface area contributed by atoms with Crippen molar-refractivity contribution < 1.29 is 4.79 Å². The van der Waals surface area contributed by atoms with Gasteiger partial charge in [0.15, 0.2) is 0 Å². The Morgan fingerprint density at radius 1 is 1.70 bits per heavy atom. The Kier molecular flexibility index (Phi) is 12.9. The molecule has 62 valence electrons. The van der Waals surface area contributed by atoms with Gasteiger partial charge in [-0.25, -0.2) is 0 Å². The highest BCUT2D eigenvalue weighted by Gasteiger charge is 2.05. The van der Waals surface area contributed by atoms with Gasteiger partial charge in [0.05, 0.1) is 6.04 Å². The second-order valence-corrected chi connectivity index (χ2v) is 3.91. The monoisotopic (exact) mass is 275 g/mol. The van der Waals surface area contributed by atoms with E-state index in [1.54, 1.807) is 8.93 Å². The van der Waals surface area contributed by atoms with Crippen molar-refractivity contribution in [3.63, 3.8) is 0 Å². The predicted octanol–water partition coefficient (Wildman–Crippen LogP) is 2.01. The summed E-state index contributed by atoms with van der Waals surface area (Å²) in [6.45, 7) is 5.51. The number of ketones is 1. The molecule has 1 unspecified atom stereocenters. The van der Waals surface area contributed by atoms with E-state index in [1.807, 2.05) is 13.8 Å². The van der Waals surface area contributed by atoms with Gasteiger partial charge in [-0.1, -0.05) is 22.8 Å². The largest absolute Gasteiger partial charge is 0.321 e. The first kappa shape index (κ1) is 13.3. The van der Waals surface area contributed by atoms with Crippen LogP contribution in [-0.2, 0) is 4.79 Å². The first-order valence-electron chi connectivity index (χ1n) is 3.18. The molecule has 0 saturated heterocycles. The summed E-state index contributed by atoms with van der Waals surface area (Å²) in [5.74, 6) is 0.782. The molecule has 0 aromatic heterocycles. The zero-order chi connectivity index (χ0) is 8.57. The fraction of sp³-hybridized carbons (Fsp3) is 0.833. The summed E-state index contributed by atoms with van der Waals surface area (Å²) >= 11 is 2.12. The van der Waals surface area contributed by atoms with Crippen LogP contribution < -0.4 is 5.73 Å². The summed E-state index contributed by atoms with van der Waals surface area (Å²) in [5.41, 5.74) is 5.35. The SMILES string of the molecule is CC.CC(=O)C(N)CSI. The van der Waals surface area contributed by atoms with Gasteiger partial charge in [-0.3, -0.25) is 4.79 Å². The Hall–Kier alpha value is 0.710. The summed E-state index contributed by atoms with van der Waals surface area (Å²) in [4.78, 5) is 10.4. The van der Waals surface area contributed by atoms with Gasteiger partial charge in [0.2, 0.25) is 0 Å². The molecule has 0 rings (SSSR count). The molecule has 0 fully saturated rings. The minimum Gasteiger partial charge on any atom is -0.321 e. The average Bonchev–Trinajstić information content (AvgIpc) is 1.93. The van der Waals surface area contributed by atoms with Gasteiger partial charge < -0.3 is 5.73 Å². The van der Waals surface area contributed by atoms with Crippen LogP contribution in [0.4, 0.5) is 0 Å². The number of Topliss-reactive ketones (excluding diaryl/α,β-unsaturated/α-hetero) is 1. The second-order valence-electron chi connectivity index (χ2n) is 1.49. The number of hydrogen-bond donors (Lipinski definition) is 1. The number of halogens is 1. The molecule has 0 spiro atoms. The van der Waals surface area contributed by atoms with Crippen LogP contribution in [0.3, 0.4) is 0 Å². The van der Waals surface area contributed by atoms with Crippen molar-refractivity contribution in [1.29, 1.82) is 0 Å². The van der Waals surface area contributed by atoms with E-state index in [9.17, 15) is 4.79 Å². The summed E-state index contributed by atoms with van der Waals surface area (Å²) in [7, 11) is 1.56. The summed E-state index contributed by atoms with van der Waals surface area (Å²) < 4.78 is 0. The maximum atomic E-state index is 10.4.